The number of primary amides is 1. The molecule has 2 saturated heterocycles. The first-order chi connectivity index (χ1) is 68.9. The van der Waals surface area contributed by atoms with E-state index in [2.05, 4.69) is 104 Å². The van der Waals surface area contributed by atoms with Crippen LogP contribution in [0.15, 0.2) is 99.3 Å². The van der Waals surface area contributed by atoms with Crippen molar-refractivity contribution in [2.24, 2.45) is 38.1 Å². The van der Waals surface area contributed by atoms with Crippen molar-refractivity contribution < 1.29 is 96.4 Å². The second-order valence-electron chi connectivity index (χ2n) is 36.4. The molecule has 2 aromatic heterocycles. The predicted molar refractivity (Wildman–Crippen MR) is 534 cm³/mol. The zero-order valence-electron chi connectivity index (χ0n) is 82.9. The molecule has 44 heteroatoms. The van der Waals surface area contributed by atoms with Gasteiger partial charge in [0.05, 0.1) is 45.1 Å². The summed E-state index contributed by atoms with van der Waals surface area (Å²) >= 11 is 0. The number of carbonyl (C=O) groups excluding carboxylic acids is 16. The molecule has 0 spiro atoms. The van der Waals surface area contributed by atoms with Crippen molar-refractivity contribution in [3.63, 3.8) is 0 Å². The number of rotatable bonds is 56. The van der Waals surface area contributed by atoms with Gasteiger partial charge in [0.1, 0.15) is 66.8 Å². The Kier molecular flexibility index (Phi) is 53.8. The molecule has 4 aliphatic rings. The van der Waals surface area contributed by atoms with Crippen LogP contribution < -0.4 is 81.0 Å². The molecule has 0 bridgehead atoms. The van der Waals surface area contributed by atoms with Crippen LogP contribution in [0.5, 0.6) is 0 Å². The molecule has 0 unspecified atom stereocenters. The average Bonchev–Trinajstić information content (AvgIpc) is 1.69. The Morgan fingerprint density at radius 2 is 1.17 bits per heavy atom. The molecule has 4 aromatic rings. The highest BCUT2D eigenvalue weighted by Crippen LogP contribution is 2.26. The number of guanidine groups is 1. The average molecular weight is 2000 g/mol. The molecule has 22 N–H and O–H groups in total. The predicted octanol–water partition coefficient (Wildman–Crippen LogP) is 2.03. The third-order valence-electron chi connectivity index (χ3n) is 24.8. The highest BCUT2D eigenvalue weighted by Gasteiger charge is 2.43. The molecule has 44 nitrogen and oxygen atoms in total. The van der Waals surface area contributed by atoms with E-state index < -0.39 is 170 Å². The third-order valence-corrected chi connectivity index (χ3v) is 24.8. The zero-order valence-corrected chi connectivity index (χ0v) is 82.9. The number of H-pyrrole nitrogens is 2. The number of hydrogen-bond donors (Lipinski definition) is 19. The number of nitrogens with zero attached hydrogens (tertiary/aromatic N) is 7. The lowest BCUT2D eigenvalue weighted by molar-refractivity contribution is -0.142. The van der Waals surface area contributed by atoms with Crippen LogP contribution >= 0.6 is 0 Å². The van der Waals surface area contributed by atoms with Gasteiger partial charge in [0.2, 0.25) is 82.7 Å². The fourth-order valence-electron chi connectivity index (χ4n) is 16.7. The molecule has 12 atom stereocenters. The summed E-state index contributed by atoms with van der Waals surface area (Å²) in [4.78, 5) is 231. The van der Waals surface area contributed by atoms with Crippen molar-refractivity contribution in [2.45, 2.75) is 318 Å². The standard InChI is InChI=1S/C54H89N15O12.C45H61N9O8/c1-3-4-22-40(50(75)56-2)62-52(77)42(33-38-20-18-27-57-38)65-53(78)43(34-39-21-19-28-58-39)64-51(76)41(25-26-45(55)71)63-54(79)44(36-70)61-48(73)35-60-49(74)37-81-32-31-80-30-29-59-47(72)24-17-15-13-11-9-7-5-6-8-10-12-14-16-23-46-66-68-69-67-46;1-27-19-20-31(56)14-7-4-8-16-34(28(2)55)50-42(60)38(23-30-25-49-35-17-10-9-15-33(30)35)52-40(58)36(18-11-21-48-45(46)47)51-41(59)37(22-29-12-5-3-6-13-29)53-43(61)39-24-32(57)26-54(39)44(27)62/h20-21,27-28,40-44,70H,3-19,22-26,29-37H2,1-2H3,(H2,55,71)(H,56,75)(H,59,72)(H,60,74)(H,61,73)(H,62,77)(H,63,79)(H,64,76)(H,65,78)(H,66,67,68,69);3,5-6,9-10,12-13,15,17,25,27,32,34,36-39,49,57H,4,7-8,11,14,16,18-24,26H2,1-2H3,(H,50,60)(H,51,59)(H,52,58)(H,53,61)(H4,46,47,48)/t40-,41-,42-,43-,44-;27-,32+,34-,36-,37+,38-,39-/m00/s1. The number of Topliss-reactive ketones (excluding diaryl/α,β-unsaturated/α-hetero) is 2. The van der Waals surface area contributed by atoms with Crippen LogP contribution in [0.25, 0.3) is 10.9 Å². The summed E-state index contributed by atoms with van der Waals surface area (Å²) in [5.74, 6) is -9.58. The van der Waals surface area contributed by atoms with Gasteiger partial charge in [0, 0.05) is 151 Å². The molecule has 143 heavy (non-hydrogen) atoms. The Labute approximate surface area is 834 Å². The number of hydrogen-bond acceptors (Lipinski definition) is 26. The van der Waals surface area contributed by atoms with Crippen LogP contribution in [-0.4, -0.2) is 286 Å². The first-order valence-electron chi connectivity index (χ1n) is 50.2. The molecule has 4 aliphatic heterocycles. The number of aromatic amines is 2. The lowest BCUT2D eigenvalue weighted by Crippen LogP contribution is -2.59. The Morgan fingerprint density at radius 3 is 1.79 bits per heavy atom. The van der Waals surface area contributed by atoms with Crippen molar-refractivity contribution in [1.82, 2.24) is 94.3 Å². The number of aryl methyl sites for hydroxylation is 1. The summed E-state index contributed by atoms with van der Waals surface area (Å²) in [7, 11) is 1.45. The van der Waals surface area contributed by atoms with Crippen LogP contribution in [0.1, 0.15) is 250 Å². The number of allylic oxidation sites excluding steroid dienone is 2. The number of aromatic nitrogens is 5. The van der Waals surface area contributed by atoms with E-state index in [0.717, 1.165) is 60.8 Å². The molecular formula is C99H150N24O20. The number of nitrogens with two attached hydrogens (primary N) is 3. The number of aliphatic hydroxyl groups is 2. The van der Waals surface area contributed by atoms with E-state index in [1.165, 1.54) is 76.7 Å². The number of ether oxygens (including phenoxy) is 2. The Bertz CT molecular complexity index is 4910. The van der Waals surface area contributed by atoms with E-state index in [1.807, 2.05) is 31.2 Å². The number of amides is 14. The van der Waals surface area contributed by atoms with Gasteiger partial charge in [0.15, 0.2) is 17.6 Å². The molecule has 0 saturated carbocycles. The molecule has 6 heterocycles. The molecular weight excluding hydrogens is 1850 g/mol. The third kappa shape index (κ3) is 44.9. The minimum Gasteiger partial charge on any atom is -0.394 e. The topological polar surface area (TPSA) is 665 Å². The Hall–Kier alpha value is -13.1. The van der Waals surface area contributed by atoms with Crippen LogP contribution in [0.2, 0.25) is 0 Å². The summed E-state index contributed by atoms with van der Waals surface area (Å²) < 4.78 is 10.8. The van der Waals surface area contributed by atoms with Gasteiger partial charge in [-0.3, -0.25) is 91.7 Å². The van der Waals surface area contributed by atoms with Gasteiger partial charge in [0.25, 0.3) is 0 Å². The summed E-state index contributed by atoms with van der Waals surface area (Å²) in [5.41, 5.74) is 19.7. The number of carbonyl (C=O) groups is 16. The molecule has 14 amide bonds. The van der Waals surface area contributed by atoms with Gasteiger partial charge in [-0.15, -0.1) is 10.2 Å². The van der Waals surface area contributed by atoms with E-state index >= 15 is 0 Å². The van der Waals surface area contributed by atoms with Gasteiger partial charge in [-0.2, -0.15) is 5.21 Å². The second-order valence-corrected chi connectivity index (χ2v) is 36.4. The van der Waals surface area contributed by atoms with E-state index in [1.54, 1.807) is 68.0 Å². The van der Waals surface area contributed by atoms with Crippen molar-refractivity contribution >= 4 is 124 Å². The van der Waals surface area contributed by atoms with Gasteiger partial charge in [-0.25, -0.2) is 0 Å². The second kappa shape index (κ2) is 65.9. The van der Waals surface area contributed by atoms with Crippen molar-refractivity contribution in [3.05, 3.63) is 101 Å². The summed E-state index contributed by atoms with van der Waals surface area (Å²) in [6.45, 7) is 3.89. The quantitative estimate of drug-likeness (QED) is 0.0171. The highest BCUT2D eigenvalue weighted by atomic mass is 16.5. The number of aliphatic hydroxyl groups excluding tert-OH is 2. The smallest absolute Gasteiger partial charge is 0.246 e. The number of nitrogens with one attached hydrogen (secondary N) is 14. The van der Waals surface area contributed by atoms with E-state index in [9.17, 15) is 86.9 Å². The van der Waals surface area contributed by atoms with Crippen molar-refractivity contribution in [1.29, 1.82) is 0 Å². The number of aliphatic imine (C=N–C) groups is 3. The summed E-state index contributed by atoms with van der Waals surface area (Å²) in [6.07, 6.45) is 28.9. The molecule has 2 fully saturated rings. The number of benzene rings is 2. The molecule has 0 aliphatic carbocycles. The van der Waals surface area contributed by atoms with Gasteiger partial charge < -0.3 is 111 Å². The highest BCUT2D eigenvalue weighted by molar-refractivity contribution is 6.00. The maximum Gasteiger partial charge on any atom is 0.246 e. The van der Waals surface area contributed by atoms with Crippen LogP contribution in [0.3, 0.4) is 0 Å². The first-order valence-corrected chi connectivity index (χ1v) is 50.2. The van der Waals surface area contributed by atoms with Crippen molar-refractivity contribution in [3.8, 4) is 0 Å². The molecule has 786 valence electrons. The van der Waals surface area contributed by atoms with E-state index in [-0.39, 0.29) is 133 Å². The maximum absolute atomic E-state index is 14.4. The number of ketones is 2. The monoisotopic (exact) mass is 2000 g/mol. The SMILES string of the molecule is CC(=O)[C@@H]1CCCCCC(=O)CC[C@H](C)C(=O)N2C[C@H](O)C[C@H]2C(=O)N[C@H](Cc2ccccc2)C(=O)N[C@@H](CCCN=C(N)N)C(=O)N[C@@H](Cc2c[nH]c3ccccc23)C(=O)N1.CCCC[C@H](NC(=O)[C@H](CC1=CCC=N1)NC(=O)[C@H](CC1=CCC=N1)NC(=O)[C@H](CCC(N)=O)NC(=O)[C@H](CO)NC(=O)CNC(=O)COCCOCCNC(=O)CCCCCCCCCCCCCCCc1nn[nH]n1)C(=O)NC. The minimum atomic E-state index is -1.63. The Balaban J connectivity index is 0.000000401. The normalized spacial score (nSPS) is 19.2. The summed E-state index contributed by atoms with van der Waals surface area (Å²) in [5, 5.41) is 67.3. The van der Waals surface area contributed by atoms with Gasteiger partial charge in [-0.1, -0.05) is 176 Å². The maximum atomic E-state index is 14.4. The number of unbranched alkanes of at least 4 members (excludes halogenated alkanes) is 13. The van der Waals surface area contributed by atoms with E-state index in [0.29, 0.717) is 81.3 Å². The van der Waals surface area contributed by atoms with E-state index in [4.69, 9.17) is 26.7 Å². The number of para-hydroxylation sites is 1. The number of fused-ring (bicyclic) bond motifs is 2. The minimum absolute atomic E-state index is 0.0144. The van der Waals surface area contributed by atoms with Crippen LogP contribution in [-0.2, 0) is 105 Å². The zero-order chi connectivity index (χ0) is 104. The van der Waals surface area contributed by atoms with Gasteiger partial charge in [-0.05, 0) is 81.9 Å². The Morgan fingerprint density at radius 1 is 0.587 bits per heavy atom. The first kappa shape index (κ1) is 117. The van der Waals surface area contributed by atoms with Crippen LogP contribution in [0, 0.1) is 5.92 Å². The number of likely N-dealkylation sites (N-methyl/N-ethyl adjacent to an activating group) is 1. The lowest BCUT2D eigenvalue weighted by atomic mass is 9.98. The molecule has 2 aromatic carbocycles. The largest absolute Gasteiger partial charge is 0.394 e. The molecule has 0 radical (unpaired) electrons. The summed E-state index contributed by atoms with van der Waals surface area (Å²) in [6, 6.07) is 4.14. The number of tetrazole rings is 1. The fourth-order valence-corrected chi connectivity index (χ4v) is 16.7. The molecule has 8 rings (SSSR count). The lowest BCUT2D eigenvalue weighted by Gasteiger charge is -2.29. The van der Waals surface area contributed by atoms with Gasteiger partial charge >= 0.3 is 0 Å². The van der Waals surface area contributed by atoms with Crippen molar-refractivity contribution in [2.75, 3.05) is 66.3 Å². The fraction of sp³-hybridized carbons (Fsp3) is 0.616. The van der Waals surface area contributed by atoms with Crippen LogP contribution in [0.4, 0.5) is 0 Å².